The Balaban J connectivity index is 1.53. The molecular weight excluding hydrogens is 214 g/mol. The van der Waals surface area contributed by atoms with Gasteiger partial charge in [-0.15, -0.1) is 10.2 Å². The number of aryl methyl sites for hydroxylation is 1. The van der Waals surface area contributed by atoms with Crippen LogP contribution in [0.3, 0.4) is 0 Å². The van der Waals surface area contributed by atoms with Gasteiger partial charge in [0, 0.05) is 12.5 Å². The molecule has 0 amide bonds. The molecule has 2 unspecified atom stereocenters. The monoisotopic (exact) mass is 235 g/mol. The number of aromatic nitrogens is 4. The molecule has 1 aromatic heterocycles. The fourth-order valence-corrected chi connectivity index (χ4v) is 2.90. The molecule has 3 rings (SSSR count). The van der Waals surface area contributed by atoms with E-state index in [1.165, 1.54) is 38.6 Å². The largest absolute Gasteiger partial charge is 0.314 e. The van der Waals surface area contributed by atoms with E-state index in [4.69, 9.17) is 0 Å². The molecule has 5 nitrogen and oxygen atoms in total. The summed E-state index contributed by atoms with van der Waals surface area (Å²) in [5, 5.41) is 16.0. The first-order valence-electron chi connectivity index (χ1n) is 6.77. The smallest absolute Gasteiger partial charge is 0.175 e. The summed E-state index contributed by atoms with van der Waals surface area (Å²) in [6.45, 7) is 1.19. The van der Waals surface area contributed by atoms with Gasteiger partial charge in [0.15, 0.2) is 5.82 Å². The molecule has 2 aliphatic rings. The van der Waals surface area contributed by atoms with Crippen molar-refractivity contribution in [3.8, 4) is 0 Å². The highest BCUT2D eigenvalue weighted by Gasteiger charge is 2.30. The second kappa shape index (κ2) is 4.72. The SMILES string of the molecule is Cn1nnc(CC2CCCC2CNC2CC2)n1. The number of hydrogen-bond acceptors (Lipinski definition) is 4. The van der Waals surface area contributed by atoms with Crippen LogP contribution >= 0.6 is 0 Å². The van der Waals surface area contributed by atoms with Gasteiger partial charge in [-0.05, 0) is 49.3 Å². The normalized spacial score (nSPS) is 28.8. The average molecular weight is 235 g/mol. The molecule has 0 spiro atoms. The van der Waals surface area contributed by atoms with Gasteiger partial charge in [0.2, 0.25) is 0 Å². The molecule has 2 saturated carbocycles. The molecule has 2 aliphatic carbocycles. The van der Waals surface area contributed by atoms with Gasteiger partial charge < -0.3 is 5.32 Å². The lowest BCUT2D eigenvalue weighted by molar-refractivity contribution is 0.358. The third kappa shape index (κ3) is 2.83. The predicted molar refractivity (Wildman–Crippen MR) is 64.4 cm³/mol. The maximum Gasteiger partial charge on any atom is 0.175 e. The Bertz CT molecular complexity index is 371. The molecule has 5 heteroatoms. The summed E-state index contributed by atoms with van der Waals surface area (Å²) in [6, 6.07) is 0.825. The lowest BCUT2D eigenvalue weighted by atomic mass is 9.92. The van der Waals surface area contributed by atoms with Gasteiger partial charge in [0.1, 0.15) is 0 Å². The highest BCUT2D eigenvalue weighted by Crippen LogP contribution is 2.33. The molecule has 0 aliphatic heterocycles. The van der Waals surface area contributed by atoms with Crippen LogP contribution in [0, 0.1) is 11.8 Å². The van der Waals surface area contributed by atoms with Gasteiger partial charge in [-0.25, -0.2) is 0 Å². The van der Waals surface area contributed by atoms with Crippen molar-refractivity contribution in [1.29, 1.82) is 0 Å². The van der Waals surface area contributed by atoms with E-state index in [1.54, 1.807) is 4.80 Å². The maximum absolute atomic E-state index is 4.29. The van der Waals surface area contributed by atoms with Crippen molar-refractivity contribution < 1.29 is 0 Å². The summed E-state index contributed by atoms with van der Waals surface area (Å²) in [6.07, 6.45) is 7.82. The van der Waals surface area contributed by atoms with Crippen LogP contribution in [-0.4, -0.2) is 32.8 Å². The fourth-order valence-electron chi connectivity index (χ4n) is 2.90. The van der Waals surface area contributed by atoms with Crippen LogP contribution in [0.5, 0.6) is 0 Å². The predicted octanol–water partition coefficient (Wildman–Crippen LogP) is 0.921. The third-order valence-electron chi connectivity index (χ3n) is 4.06. The zero-order chi connectivity index (χ0) is 11.7. The highest BCUT2D eigenvalue weighted by molar-refractivity contribution is 4.90. The van der Waals surface area contributed by atoms with Gasteiger partial charge >= 0.3 is 0 Å². The van der Waals surface area contributed by atoms with E-state index in [0.717, 1.165) is 30.1 Å². The summed E-state index contributed by atoms with van der Waals surface area (Å²) >= 11 is 0. The molecule has 0 saturated heterocycles. The summed E-state index contributed by atoms with van der Waals surface area (Å²) in [5.41, 5.74) is 0. The van der Waals surface area contributed by atoms with Gasteiger partial charge in [-0.1, -0.05) is 6.42 Å². The average Bonchev–Trinajstić information content (AvgIpc) is 2.90. The molecule has 1 N–H and O–H groups in total. The zero-order valence-corrected chi connectivity index (χ0v) is 10.5. The van der Waals surface area contributed by atoms with E-state index in [0.29, 0.717) is 0 Å². The van der Waals surface area contributed by atoms with Crippen LogP contribution in [0.15, 0.2) is 0 Å². The van der Waals surface area contributed by atoms with E-state index in [1.807, 2.05) is 7.05 Å². The van der Waals surface area contributed by atoms with Crippen molar-refractivity contribution in [2.45, 2.75) is 44.6 Å². The summed E-state index contributed by atoms with van der Waals surface area (Å²) < 4.78 is 0. The van der Waals surface area contributed by atoms with Crippen molar-refractivity contribution >= 4 is 0 Å². The Morgan fingerprint density at radius 1 is 1.24 bits per heavy atom. The van der Waals surface area contributed by atoms with E-state index < -0.39 is 0 Å². The van der Waals surface area contributed by atoms with Gasteiger partial charge in [-0.2, -0.15) is 4.80 Å². The second-order valence-electron chi connectivity index (χ2n) is 5.53. The van der Waals surface area contributed by atoms with Crippen LogP contribution in [0.2, 0.25) is 0 Å². The molecule has 0 radical (unpaired) electrons. The number of hydrogen-bond donors (Lipinski definition) is 1. The van der Waals surface area contributed by atoms with E-state index >= 15 is 0 Å². The first-order chi connectivity index (χ1) is 8.31. The van der Waals surface area contributed by atoms with Crippen LogP contribution in [0.25, 0.3) is 0 Å². The number of tetrazole rings is 1. The van der Waals surface area contributed by atoms with Gasteiger partial charge in [-0.3, -0.25) is 0 Å². The number of nitrogens with zero attached hydrogens (tertiary/aromatic N) is 4. The van der Waals surface area contributed by atoms with Gasteiger partial charge in [0.25, 0.3) is 0 Å². The molecule has 94 valence electrons. The van der Waals surface area contributed by atoms with Crippen molar-refractivity contribution in [3.63, 3.8) is 0 Å². The minimum Gasteiger partial charge on any atom is -0.314 e. The summed E-state index contributed by atoms with van der Waals surface area (Å²) in [5.74, 6) is 2.49. The number of nitrogens with one attached hydrogen (secondary N) is 1. The maximum atomic E-state index is 4.29. The van der Waals surface area contributed by atoms with E-state index in [-0.39, 0.29) is 0 Å². The molecule has 1 aromatic rings. The Kier molecular flexibility index (Phi) is 3.09. The lowest BCUT2D eigenvalue weighted by Gasteiger charge is -2.18. The molecule has 0 bridgehead atoms. The Hall–Kier alpha value is -0.970. The number of rotatable bonds is 5. The Morgan fingerprint density at radius 3 is 2.76 bits per heavy atom. The van der Waals surface area contributed by atoms with E-state index in [9.17, 15) is 0 Å². The van der Waals surface area contributed by atoms with Crippen LogP contribution in [0.1, 0.15) is 37.9 Å². The third-order valence-corrected chi connectivity index (χ3v) is 4.06. The topological polar surface area (TPSA) is 55.6 Å². The molecule has 2 fully saturated rings. The molecule has 1 heterocycles. The zero-order valence-electron chi connectivity index (χ0n) is 10.5. The van der Waals surface area contributed by atoms with Crippen molar-refractivity contribution in [1.82, 2.24) is 25.5 Å². The van der Waals surface area contributed by atoms with Crippen LogP contribution < -0.4 is 5.32 Å². The van der Waals surface area contributed by atoms with Crippen molar-refractivity contribution in [2.75, 3.05) is 6.54 Å². The van der Waals surface area contributed by atoms with Crippen molar-refractivity contribution in [2.24, 2.45) is 18.9 Å². The Labute approximate surface area is 102 Å². The first kappa shape index (κ1) is 11.1. The van der Waals surface area contributed by atoms with Crippen molar-refractivity contribution in [3.05, 3.63) is 5.82 Å². The molecular formula is C12H21N5. The highest BCUT2D eigenvalue weighted by atomic mass is 15.6. The van der Waals surface area contributed by atoms with Crippen LogP contribution in [0.4, 0.5) is 0 Å². The minimum absolute atomic E-state index is 0.755. The quantitative estimate of drug-likeness (QED) is 0.824. The van der Waals surface area contributed by atoms with E-state index in [2.05, 4.69) is 20.7 Å². The first-order valence-corrected chi connectivity index (χ1v) is 6.77. The minimum atomic E-state index is 0.755. The molecule has 17 heavy (non-hydrogen) atoms. The van der Waals surface area contributed by atoms with Crippen LogP contribution in [-0.2, 0) is 13.5 Å². The van der Waals surface area contributed by atoms with Gasteiger partial charge in [0.05, 0.1) is 7.05 Å². The molecule has 2 atom stereocenters. The Morgan fingerprint density at radius 2 is 2.06 bits per heavy atom. The molecule has 0 aromatic carbocycles. The summed E-state index contributed by atoms with van der Waals surface area (Å²) in [4.78, 5) is 1.56. The second-order valence-corrected chi connectivity index (χ2v) is 5.53. The standard InChI is InChI=1S/C12H21N5/c1-17-15-12(14-16-17)7-9-3-2-4-10(9)8-13-11-5-6-11/h9-11,13H,2-8H2,1H3. The lowest BCUT2D eigenvalue weighted by Crippen LogP contribution is -2.27. The fraction of sp³-hybridized carbons (Fsp3) is 0.917. The summed E-state index contributed by atoms with van der Waals surface area (Å²) in [7, 11) is 1.83.